The second-order valence-corrected chi connectivity index (χ2v) is 6.66. The van der Waals surface area contributed by atoms with Crippen LogP contribution in [0.15, 0.2) is 29.2 Å². The van der Waals surface area contributed by atoms with E-state index in [9.17, 15) is 13.2 Å². The molecule has 2 N–H and O–H groups in total. The van der Waals surface area contributed by atoms with Gasteiger partial charge in [-0.3, -0.25) is 4.79 Å². The first-order valence-electron chi connectivity index (χ1n) is 6.13. The van der Waals surface area contributed by atoms with E-state index in [2.05, 4.69) is 10.6 Å². The first kappa shape index (κ1) is 15.7. The number of hydrogen-bond donors (Lipinski definition) is 2. The lowest BCUT2D eigenvalue weighted by Crippen LogP contribution is -2.27. The molecule has 0 fully saturated rings. The second kappa shape index (κ2) is 6.68. The van der Waals surface area contributed by atoms with E-state index in [1.165, 1.54) is 6.07 Å². The summed E-state index contributed by atoms with van der Waals surface area (Å²) in [5, 5.41) is 5.76. The van der Waals surface area contributed by atoms with Gasteiger partial charge in [0.1, 0.15) is 0 Å². The van der Waals surface area contributed by atoms with E-state index in [0.717, 1.165) is 6.26 Å². The average molecular weight is 284 g/mol. The van der Waals surface area contributed by atoms with Crippen molar-refractivity contribution in [3.05, 3.63) is 24.3 Å². The van der Waals surface area contributed by atoms with Gasteiger partial charge in [-0.05, 0) is 12.1 Å². The fourth-order valence-electron chi connectivity index (χ4n) is 1.58. The van der Waals surface area contributed by atoms with Gasteiger partial charge < -0.3 is 10.6 Å². The topological polar surface area (TPSA) is 75.3 Å². The summed E-state index contributed by atoms with van der Waals surface area (Å²) in [6.07, 6.45) is 1.43. The lowest BCUT2D eigenvalue weighted by Gasteiger charge is -2.11. The van der Waals surface area contributed by atoms with Gasteiger partial charge in [0.25, 0.3) is 0 Å². The highest BCUT2D eigenvalue weighted by atomic mass is 32.2. The van der Waals surface area contributed by atoms with E-state index in [1.54, 1.807) is 18.2 Å². The molecular weight excluding hydrogens is 264 g/mol. The molecule has 0 spiro atoms. The number of sulfone groups is 1. The third-order valence-electron chi connectivity index (χ3n) is 2.47. The van der Waals surface area contributed by atoms with Crippen molar-refractivity contribution in [1.82, 2.24) is 5.32 Å². The number of anilines is 1. The molecule has 0 unspecified atom stereocenters. The van der Waals surface area contributed by atoms with Crippen molar-refractivity contribution in [2.45, 2.75) is 31.2 Å². The van der Waals surface area contributed by atoms with Crippen LogP contribution in [0.2, 0.25) is 0 Å². The lowest BCUT2D eigenvalue weighted by atomic mass is 10.3. The van der Waals surface area contributed by atoms with Crippen molar-refractivity contribution in [2.24, 2.45) is 0 Å². The Morgan fingerprint density at radius 1 is 1.26 bits per heavy atom. The molecule has 0 bridgehead atoms. The minimum absolute atomic E-state index is 0.139. The molecule has 19 heavy (non-hydrogen) atoms. The van der Waals surface area contributed by atoms with Gasteiger partial charge in [-0.1, -0.05) is 26.0 Å². The average Bonchev–Trinajstić information content (AvgIpc) is 2.27. The first-order chi connectivity index (χ1) is 8.80. The zero-order valence-corrected chi connectivity index (χ0v) is 12.3. The van der Waals surface area contributed by atoms with Gasteiger partial charge in [-0.15, -0.1) is 0 Å². The van der Waals surface area contributed by atoms with Gasteiger partial charge in [0.05, 0.1) is 10.6 Å². The zero-order valence-electron chi connectivity index (χ0n) is 11.4. The SMILES string of the molecule is CC(C)NCCC(=O)Nc1ccccc1S(C)(=O)=O. The Hall–Kier alpha value is -1.40. The summed E-state index contributed by atoms with van der Waals surface area (Å²) < 4.78 is 23.1. The van der Waals surface area contributed by atoms with Gasteiger partial charge in [0.15, 0.2) is 9.84 Å². The summed E-state index contributed by atoms with van der Waals surface area (Å²) in [6.45, 7) is 4.55. The maximum absolute atomic E-state index is 11.7. The number of nitrogens with one attached hydrogen (secondary N) is 2. The molecule has 0 aliphatic carbocycles. The Balaban J connectivity index is 2.70. The van der Waals surface area contributed by atoms with Crippen LogP contribution in [0.4, 0.5) is 5.69 Å². The Bertz CT molecular complexity index is 539. The third-order valence-corrected chi connectivity index (χ3v) is 3.62. The zero-order chi connectivity index (χ0) is 14.5. The van der Waals surface area contributed by atoms with E-state index in [4.69, 9.17) is 0 Å². The summed E-state index contributed by atoms with van der Waals surface area (Å²) >= 11 is 0. The van der Waals surface area contributed by atoms with Crippen LogP contribution in [-0.2, 0) is 14.6 Å². The molecule has 5 nitrogen and oxygen atoms in total. The number of hydrogen-bond acceptors (Lipinski definition) is 4. The van der Waals surface area contributed by atoms with E-state index in [1.807, 2.05) is 13.8 Å². The molecule has 1 aromatic carbocycles. The van der Waals surface area contributed by atoms with Crippen molar-refractivity contribution in [3.63, 3.8) is 0 Å². The molecule has 1 aromatic rings. The van der Waals surface area contributed by atoms with Crippen LogP contribution in [0, 0.1) is 0 Å². The predicted molar refractivity (Wildman–Crippen MR) is 75.9 cm³/mol. The van der Waals surface area contributed by atoms with Crippen molar-refractivity contribution in [1.29, 1.82) is 0 Å². The van der Waals surface area contributed by atoms with Crippen LogP contribution in [-0.4, -0.2) is 33.2 Å². The van der Waals surface area contributed by atoms with Gasteiger partial charge in [0, 0.05) is 25.3 Å². The van der Waals surface area contributed by atoms with Crippen LogP contribution in [0.5, 0.6) is 0 Å². The normalized spacial score (nSPS) is 11.6. The summed E-state index contributed by atoms with van der Waals surface area (Å²) in [7, 11) is -3.34. The van der Waals surface area contributed by atoms with E-state index < -0.39 is 9.84 Å². The molecule has 0 aromatic heterocycles. The molecule has 0 atom stereocenters. The maximum atomic E-state index is 11.7. The van der Waals surface area contributed by atoms with Crippen LogP contribution in [0.3, 0.4) is 0 Å². The third kappa shape index (κ3) is 5.40. The fourth-order valence-corrected chi connectivity index (χ4v) is 2.42. The maximum Gasteiger partial charge on any atom is 0.225 e. The Labute approximate surface area is 114 Å². The molecule has 0 aliphatic heterocycles. The van der Waals surface area contributed by atoms with E-state index in [0.29, 0.717) is 24.7 Å². The largest absolute Gasteiger partial charge is 0.325 e. The summed E-state index contributed by atoms with van der Waals surface area (Å²) in [4.78, 5) is 11.9. The highest BCUT2D eigenvalue weighted by Gasteiger charge is 2.14. The molecule has 0 radical (unpaired) electrons. The number of carbonyl (C=O) groups is 1. The lowest BCUT2D eigenvalue weighted by molar-refractivity contribution is -0.116. The van der Waals surface area contributed by atoms with E-state index in [-0.39, 0.29) is 10.8 Å². The van der Waals surface area contributed by atoms with Crippen LogP contribution in [0.25, 0.3) is 0 Å². The van der Waals surface area contributed by atoms with Gasteiger partial charge >= 0.3 is 0 Å². The fraction of sp³-hybridized carbons (Fsp3) is 0.462. The highest BCUT2D eigenvalue weighted by Crippen LogP contribution is 2.20. The molecule has 0 saturated carbocycles. The molecule has 1 amide bonds. The molecule has 106 valence electrons. The first-order valence-corrected chi connectivity index (χ1v) is 8.02. The van der Waals surface area contributed by atoms with Gasteiger partial charge in [-0.2, -0.15) is 0 Å². The minimum atomic E-state index is -3.34. The summed E-state index contributed by atoms with van der Waals surface area (Å²) in [6, 6.07) is 6.71. The Morgan fingerprint density at radius 3 is 2.47 bits per heavy atom. The van der Waals surface area contributed by atoms with Crippen LogP contribution < -0.4 is 10.6 Å². The molecule has 1 rings (SSSR count). The molecule has 0 aliphatic rings. The summed E-state index contributed by atoms with van der Waals surface area (Å²) in [5.74, 6) is -0.204. The van der Waals surface area contributed by atoms with Crippen LogP contribution in [0.1, 0.15) is 20.3 Å². The van der Waals surface area contributed by atoms with Crippen molar-refractivity contribution >= 4 is 21.4 Å². The quantitative estimate of drug-likeness (QED) is 0.828. The van der Waals surface area contributed by atoms with Gasteiger partial charge in [-0.25, -0.2) is 8.42 Å². The summed E-state index contributed by atoms with van der Waals surface area (Å²) in [5.41, 5.74) is 0.333. The Kier molecular flexibility index (Phi) is 5.50. The molecule has 6 heteroatoms. The Morgan fingerprint density at radius 2 is 1.89 bits per heavy atom. The smallest absolute Gasteiger partial charge is 0.225 e. The number of carbonyl (C=O) groups excluding carboxylic acids is 1. The highest BCUT2D eigenvalue weighted by molar-refractivity contribution is 7.90. The monoisotopic (exact) mass is 284 g/mol. The second-order valence-electron chi connectivity index (χ2n) is 4.68. The standard InChI is InChI=1S/C13H20N2O3S/c1-10(2)14-9-8-13(16)15-11-6-4-5-7-12(11)19(3,17)18/h4-7,10,14H,8-9H2,1-3H3,(H,15,16). The van der Waals surface area contributed by atoms with Gasteiger partial charge in [0.2, 0.25) is 5.91 Å². The minimum Gasteiger partial charge on any atom is -0.325 e. The molecular formula is C13H20N2O3S. The van der Waals surface area contributed by atoms with Crippen molar-refractivity contribution in [3.8, 4) is 0 Å². The van der Waals surface area contributed by atoms with Crippen molar-refractivity contribution in [2.75, 3.05) is 18.1 Å². The van der Waals surface area contributed by atoms with Crippen LogP contribution >= 0.6 is 0 Å². The number of rotatable bonds is 6. The number of para-hydroxylation sites is 1. The number of benzene rings is 1. The molecule has 0 heterocycles. The van der Waals surface area contributed by atoms with E-state index >= 15 is 0 Å². The van der Waals surface area contributed by atoms with Crippen molar-refractivity contribution < 1.29 is 13.2 Å². The number of amides is 1. The predicted octanol–water partition coefficient (Wildman–Crippen LogP) is 1.42. The molecule has 0 saturated heterocycles.